The van der Waals surface area contributed by atoms with Crippen molar-refractivity contribution in [2.75, 3.05) is 33.4 Å². The van der Waals surface area contributed by atoms with Crippen LogP contribution in [0.4, 0.5) is 0 Å². The van der Waals surface area contributed by atoms with Gasteiger partial charge in [0.2, 0.25) is 0 Å². The lowest BCUT2D eigenvalue weighted by molar-refractivity contribution is -0.000218. The van der Waals surface area contributed by atoms with Gasteiger partial charge < -0.3 is 14.4 Å². The summed E-state index contributed by atoms with van der Waals surface area (Å²) in [7, 11) is 3.71. The highest BCUT2D eigenvalue weighted by atomic mass is 16.5. The Bertz CT molecular complexity index is 517. The number of carbonyl (C=O) groups is 1. The Morgan fingerprint density at radius 3 is 2.95 bits per heavy atom. The Labute approximate surface area is 131 Å². The quantitative estimate of drug-likeness (QED) is 0.847. The number of hydrogen-bond acceptors (Lipinski definition) is 4. The first-order valence-corrected chi connectivity index (χ1v) is 8.13. The molecule has 2 fully saturated rings. The summed E-state index contributed by atoms with van der Waals surface area (Å²) in [4.78, 5) is 14.6. The highest BCUT2D eigenvalue weighted by molar-refractivity contribution is 5.95. The minimum atomic E-state index is 0.0316. The topological polar surface area (TPSA) is 56.6 Å². The minimum Gasteiger partial charge on any atom is -0.381 e. The van der Waals surface area contributed by atoms with Gasteiger partial charge in [-0.2, -0.15) is 5.10 Å². The third-order valence-corrected chi connectivity index (χ3v) is 4.50. The number of carbonyl (C=O) groups excluding carboxylic acids is 1. The van der Waals surface area contributed by atoms with Crippen molar-refractivity contribution in [1.29, 1.82) is 0 Å². The van der Waals surface area contributed by atoms with Crippen LogP contribution in [0.1, 0.15) is 47.7 Å². The van der Waals surface area contributed by atoms with Gasteiger partial charge in [0.15, 0.2) is 0 Å². The first-order valence-electron chi connectivity index (χ1n) is 8.13. The van der Waals surface area contributed by atoms with Crippen molar-refractivity contribution in [2.24, 2.45) is 7.05 Å². The summed E-state index contributed by atoms with van der Waals surface area (Å²) in [5.41, 5.74) is 1.58. The number of nitrogens with zero attached hydrogens (tertiary/aromatic N) is 3. The summed E-state index contributed by atoms with van der Waals surface area (Å²) in [5.74, 6) is 0.267. The van der Waals surface area contributed by atoms with E-state index in [9.17, 15) is 4.79 Å². The second-order valence-corrected chi connectivity index (χ2v) is 6.34. The average Bonchev–Trinajstić information content (AvgIpc) is 3.16. The van der Waals surface area contributed by atoms with Gasteiger partial charge in [0.25, 0.3) is 5.91 Å². The van der Waals surface area contributed by atoms with Crippen molar-refractivity contribution in [3.63, 3.8) is 0 Å². The molecule has 2 atom stereocenters. The third kappa shape index (κ3) is 3.33. The van der Waals surface area contributed by atoms with E-state index in [1.807, 2.05) is 20.3 Å². The number of ether oxygens (including phenoxy) is 2. The predicted molar refractivity (Wildman–Crippen MR) is 81.9 cm³/mol. The molecule has 6 heteroatoms. The Morgan fingerprint density at radius 1 is 1.41 bits per heavy atom. The van der Waals surface area contributed by atoms with Crippen LogP contribution in [-0.4, -0.2) is 60.1 Å². The highest BCUT2D eigenvalue weighted by Gasteiger charge is 2.29. The molecular weight excluding hydrogens is 282 g/mol. The summed E-state index contributed by atoms with van der Waals surface area (Å²) in [5, 5.41) is 4.50. The van der Waals surface area contributed by atoms with Crippen molar-refractivity contribution >= 4 is 5.91 Å². The van der Waals surface area contributed by atoms with Gasteiger partial charge in [0, 0.05) is 46.0 Å². The normalized spacial score (nSPS) is 25.4. The Hall–Kier alpha value is -1.40. The summed E-state index contributed by atoms with van der Waals surface area (Å²) in [6.07, 6.45) is 6.28. The van der Waals surface area contributed by atoms with Crippen LogP contribution >= 0.6 is 0 Å². The molecule has 1 aromatic rings. The maximum absolute atomic E-state index is 12.8. The van der Waals surface area contributed by atoms with E-state index in [1.165, 1.54) is 6.42 Å². The SMILES string of the molecule is CN(C[C@H]1CCCCO1)C(=O)c1cn(C)nc1[C@@H]1CCOC1. The van der Waals surface area contributed by atoms with Crippen LogP contribution in [0.25, 0.3) is 0 Å². The van der Waals surface area contributed by atoms with Gasteiger partial charge in [-0.3, -0.25) is 9.48 Å². The van der Waals surface area contributed by atoms with E-state index in [-0.39, 0.29) is 17.9 Å². The van der Waals surface area contributed by atoms with Crippen LogP contribution < -0.4 is 0 Å². The van der Waals surface area contributed by atoms with E-state index in [0.29, 0.717) is 18.7 Å². The molecule has 1 aromatic heterocycles. The molecule has 0 spiro atoms. The van der Waals surface area contributed by atoms with Gasteiger partial charge in [-0.15, -0.1) is 0 Å². The predicted octanol–water partition coefficient (Wildman–Crippen LogP) is 1.57. The van der Waals surface area contributed by atoms with Gasteiger partial charge in [0.05, 0.1) is 24.0 Å². The summed E-state index contributed by atoms with van der Waals surface area (Å²) in [6.45, 7) is 2.87. The maximum atomic E-state index is 12.8. The average molecular weight is 307 g/mol. The van der Waals surface area contributed by atoms with E-state index >= 15 is 0 Å². The van der Waals surface area contributed by atoms with Gasteiger partial charge >= 0.3 is 0 Å². The monoisotopic (exact) mass is 307 g/mol. The number of aryl methyl sites for hydroxylation is 1. The van der Waals surface area contributed by atoms with E-state index in [4.69, 9.17) is 9.47 Å². The van der Waals surface area contributed by atoms with Crippen LogP contribution in [0.15, 0.2) is 6.20 Å². The smallest absolute Gasteiger partial charge is 0.257 e. The van der Waals surface area contributed by atoms with Crippen LogP contribution in [0.3, 0.4) is 0 Å². The summed E-state index contributed by atoms with van der Waals surface area (Å²) >= 11 is 0. The van der Waals surface area contributed by atoms with Crippen LogP contribution in [0.2, 0.25) is 0 Å². The standard InChI is InChI=1S/C16H25N3O3/c1-18(9-13-5-3-4-7-22-13)16(20)14-10-19(2)17-15(14)12-6-8-21-11-12/h10,12-13H,3-9,11H2,1-2H3/t12-,13-/m1/s1. The summed E-state index contributed by atoms with van der Waals surface area (Å²) in [6, 6.07) is 0. The molecule has 0 N–H and O–H groups in total. The zero-order valence-electron chi connectivity index (χ0n) is 13.5. The molecule has 2 saturated heterocycles. The molecule has 0 aromatic carbocycles. The maximum Gasteiger partial charge on any atom is 0.257 e. The van der Waals surface area contributed by atoms with Crippen molar-refractivity contribution in [1.82, 2.24) is 14.7 Å². The molecule has 0 saturated carbocycles. The van der Waals surface area contributed by atoms with Crippen molar-refractivity contribution in [3.8, 4) is 0 Å². The lowest BCUT2D eigenvalue weighted by Gasteiger charge is -2.27. The summed E-state index contributed by atoms with van der Waals surface area (Å²) < 4.78 is 12.9. The lowest BCUT2D eigenvalue weighted by Crippen LogP contribution is -2.37. The number of aromatic nitrogens is 2. The number of amides is 1. The molecule has 6 nitrogen and oxygen atoms in total. The van der Waals surface area contributed by atoms with E-state index in [1.54, 1.807) is 9.58 Å². The Kier molecular flexibility index (Phi) is 4.78. The molecule has 0 aliphatic carbocycles. The van der Waals surface area contributed by atoms with Crippen LogP contribution in [0, 0.1) is 0 Å². The van der Waals surface area contributed by atoms with E-state index < -0.39 is 0 Å². The van der Waals surface area contributed by atoms with E-state index in [2.05, 4.69) is 5.10 Å². The highest BCUT2D eigenvalue weighted by Crippen LogP contribution is 2.27. The number of likely N-dealkylation sites (N-methyl/N-ethyl adjacent to an activating group) is 1. The molecule has 1 amide bonds. The van der Waals surface area contributed by atoms with E-state index in [0.717, 1.165) is 38.2 Å². The minimum absolute atomic E-state index is 0.0316. The fourth-order valence-corrected chi connectivity index (χ4v) is 3.27. The van der Waals surface area contributed by atoms with Gasteiger partial charge in [-0.25, -0.2) is 0 Å². The first-order chi connectivity index (χ1) is 10.6. The number of hydrogen-bond donors (Lipinski definition) is 0. The number of rotatable bonds is 4. The molecule has 2 aliphatic heterocycles. The molecule has 2 aliphatic rings. The van der Waals surface area contributed by atoms with Gasteiger partial charge in [-0.05, 0) is 25.7 Å². The van der Waals surface area contributed by atoms with Crippen LogP contribution in [-0.2, 0) is 16.5 Å². The Balaban J connectivity index is 1.70. The largest absolute Gasteiger partial charge is 0.381 e. The van der Waals surface area contributed by atoms with Gasteiger partial charge in [-0.1, -0.05) is 0 Å². The fourth-order valence-electron chi connectivity index (χ4n) is 3.27. The zero-order chi connectivity index (χ0) is 15.5. The van der Waals surface area contributed by atoms with Crippen LogP contribution in [0.5, 0.6) is 0 Å². The zero-order valence-corrected chi connectivity index (χ0v) is 13.5. The second kappa shape index (κ2) is 6.79. The fraction of sp³-hybridized carbons (Fsp3) is 0.750. The molecule has 3 rings (SSSR count). The molecule has 0 unspecified atom stereocenters. The second-order valence-electron chi connectivity index (χ2n) is 6.34. The Morgan fingerprint density at radius 2 is 2.27 bits per heavy atom. The lowest BCUT2D eigenvalue weighted by atomic mass is 10.0. The first kappa shape index (κ1) is 15.5. The molecule has 22 heavy (non-hydrogen) atoms. The molecular formula is C16H25N3O3. The third-order valence-electron chi connectivity index (χ3n) is 4.50. The molecule has 3 heterocycles. The molecule has 0 bridgehead atoms. The van der Waals surface area contributed by atoms with Crippen molar-refractivity contribution in [3.05, 3.63) is 17.5 Å². The molecule has 122 valence electrons. The van der Waals surface area contributed by atoms with Crippen molar-refractivity contribution < 1.29 is 14.3 Å². The molecule has 0 radical (unpaired) electrons. The van der Waals surface area contributed by atoms with Gasteiger partial charge in [0.1, 0.15) is 0 Å². The van der Waals surface area contributed by atoms with Crippen molar-refractivity contribution in [2.45, 2.75) is 37.7 Å².